The van der Waals surface area contributed by atoms with Crippen molar-refractivity contribution < 1.29 is 9.90 Å². The van der Waals surface area contributed by atoms with Crippen LogP contribution in [0.4, 0.5) is 0 Å². The minimum absolute atomic E-state index is 0.530. The van der Waals surface area contributed by atoms with E-state index in [1.807, 2.05) is 30.3 Å². The van der Waals surface area contributed by atoms with Gasteiger partial charge in [0.15, 0.2) is 0 Å². The zero-order valence-corrected chi connectivity index (χ0v) is 8.87. The SMILES string of the molecule is CC(C(=O)O)c1cnn(-c2ccccc2)c1. The molecular weight excluding hydrogens is 204 g/mol. The van der Waals surface area contributed by atoms with Crippen LogP contribution >= 0.6 is 0 Å². The smallest absolute Gasteiger partial charge is 0.310 e. The van der Waals surface area contributed by atoms with Crippen LogP contribution in [-0.4, -0.2) is 20.9 Å². The van der Waals surface area contributed by atoms with Crippen LogP contribution in [-0.2, 0) is 4.79 Å². The van der Waals surface area contributed by atoms with Gasteiger partial charge in [0, 0.05) is 11.8 Å². The molecule has 1 aromatic carbocycles. The minimum atomic E-state index is -0.840. The molecule has 0 saturated carbocycles. The number of benzene rings is 1. The second-order valence-corrected chi connectivity index (χ2v) is 3.61. The number of para-hydroxylation sites is 1. The van der Waals surface area contributed by atoms with Gasteiger partial charge in [0.1, 0.15) is 0 Å². The van der Waals surface area contributed by atoms with Crippen molar-refractivity contribution in [3.8, 4) is 5.69 Å². The molecule has 0 radical (unpaired) electrons. The highest BCUT2D eigenvalue weighted by atomic mass is 16.4. The van der Waals surface area contributed by atoms with Gasteiger partial charge in [-0.15, -0.1) is 0 Å². The summed E-state index contributed by atoms with van der Waals surface area (Å²) in [4.78, 5) is 10.8. The van der Waals surface area contributed by atoms with Crippen LogP contribution in [0.1, 0.15) is 18.4 Å². The molecule has 0 bridgehead atoms. The summed E-state index contributed by atoms with van der Waals surface area (Å²) in [6, 6.07) is 9.59. The van der Waals surface area contributed by atoms with Gasteiger partial charge in [-0.3, -0.25) is 4.79 Å². The molecule has 1 aromatic heterocycles. The van der Waals surface area contributed by atoms with E-state index in [-0.39, 0.29) is 0 Å². The highest BCUT2D eigenvalue weighted by Crippen LogP contribution is 2.16. The zero-order chi connectivity index (χ0) is 11.5. The molecule has 16 heavy (non-hydrogen) atoms. The molecule has 0 amide bonds. The van der Waals surface area contributed by atoms with Crippen molar-refractivity contribution in [1.82, 2.24) is 9.78 Å². The van der Waals surface area contributed by atoms with Gasteiger partial charge in [-0.25, -0.2) is 4.68 Å². The average molecular weight is 216 g/mol. The molecule has 0 aliphatic heterocycles. The van der Waals surface area contributed by atoms with Crippen LogP contribution < -0.4 is 0 Å². The summed E-state index contributed by atoms with van der Waals surface area (Å²) in [6.07, 6.45) is 3.33. The first kappa shape index (κ1) is 10.4. The van der Waals surface area contributed by atoms with E-state index in [0.29, 0.717) is 5.56 Å². The number of hydrogen-bond donors (Lipinski definition) is 1. The predicted molar refractivity (Wildman–Crippen MR) is 59.6 cm³/mol. The first-order valence-corrected chi connectivity index (χ1v) is 5.01. The summed E-state index contributed by atoms with van der Waals surface area (Å²) < 4.78 is 1.68. The fourth-order valence-corrected chi connectivity index (χ4v) is 1.42. The van der Waals surface area contributed by atoms with Crippen molar-refractivity contribution in [3.05, 3.63) is 48.3 Å². The molecule has 4 nitrogen and oxygen atoms in total. The Balaban J connectivity index is 2.30. The Hall–Kier alpha value is -2.10. The van der Waals surface area contributed by atoms with Crippen LogP contribution in [0.15, 0.2) is 42.7 Å². The van der Waals surface area contributed by atoms with Crippen LogP contribution in [0.3, 0.4) is 0 Å². The Kier molecular flexibility index (Phi) is 2.72. The maximum Gasteiger partial charge on any atom is 0.310 e. The number of rotatable bonds is 3. The lowest BCUT2D eigenvalue weighted by Gasteiger charge is -2.01. The van der Waals surface area contributed by atoms with E-state index >= 15 is 0 Å². The van der Waals surface area contributed by atoms with Crippen LogP contribution in [0.5, 0.6) is 0 Å². The van der Waals surface area contributed by atoms with Crippen molar-refractivity contribution in [1.29, 1.82) is 0 Å². The van der Waals surface area contributed by atoms with Gasteiger partial charge in [0.25, 0.3) is 0 Å². The van der Waals surface area contributed by atoms with E-state index < -0.39 is 11.9 Å². The fraction of sp³-hybridized carbons (Fsp3) is 0.167. The Morgan fingerprint density at radius 1 is 1.38 bits per heavy atom. The van der Waals surface area contributed by atoms with Crippen molar-refractivity contribution in [2.75, 3.05) is 0 Å². The van der Waals surface area contributed by atoms with E-state index in [9.17, 15) is 4.79 Å². The Labute approximate surface area is 93.1 Å². The average Bonchev–Trinajstić information content (AvgIpc) is 2.78. The van der Waals surface area contributed by atoms with Crippen molar-refractivity contribution in [3.63, 3.8) is 0 Å². The van der Waals surface area contributed by atoms with E-state index in [1.165, 1.54) is 0 Å². The van der Waals surface area contributed by atoms with Gasteiger partial charge in [-0.05, 0) is 19.1 Å². The van der Waals surface area contributed by atoms with Gasteiger partial charge in [-0.2, -0.15) is 5.10 Å². The first-order chi connectivity index (χ1) is 7.68. The molecule has 82 valence electrons. The number of aromatic nitrogens is 2. The van der Waals surface area contributed by atoms with Crippen LogP contribution in [0.25, 0.3) is 5.69 Å². The standard InChI is InChI=1S/C12H12N2O2/c1-9(12(15)16)10-7-13-14(8-10)11-5-3-2-4-6-11/h2-9H,1H3,(H,15,16). The highest BCUT2D eigenvalue weighted by Gasteiger charge is 2.15. The summed E-state index contributed by atoms with van der Waals surface area (Å²) in [7, 11) is 0. The molecular formula is C12H12N2O2. The lowest BCUT2D eigenvalue weighted by molar-refractivity contribution is -0.138. The first-order valence-electron chi connectivity index (χ1n) is 5.01. The van der Waals surface area contributed by atoms with Crippen molar-refractivity contribution in [2.24, 2.45) is 0 Å². The van der Waals surface area contributed by atoms with E-state index in [1.54, 1.807) is 24.0 Å². The zero-order valence-electron chi connectivity index (χ0n) is 8.87. The number of aliphatic carboxylic acids is 1. The fourth-order valence-electron chi connectivity index (χ4n) is 1.42. The summed E-state index contributed by atoms with van der Waals surface area (Å²) in [5.41, 5.74) is 1.63. The van der Waals surface area contributed by atoms with Gasteiger partial charge >= 0.3 is 5.97 Å². The summed E-state index contributed by atoms with van der Waals surface area (Å²) >= 11 is 0. The Bertz CT molecular complexity index is 491. The summed E-state index contributed by atoms with van der Waals surface area (Å²) in [6.45, 7) is 1.65. The molecule has 1 atom stereocenters. The van der Waals surface area contributed by atoms with Gasteiger partial charge in [-0.1, -0.05) is 18.2 Å². The number of hydrogen-bond acceptors (Lipinski definition) is 2. The molecule has 0 aliphatic carbocycles. The van der Waals surface area contributed by atoms with Gasteiger partial charge in [0.05, 0.1) is 17.8 Å². The maximum atomic E-state index is 10.8. The number of nitrogens with zero attached hydrogens (tertiary/aromatic N) is 2. The van der Waals surface area contributed by atoms with Crippen molar-refractivity contribution >= 4 is 5.97 Å². The van der Waals surface area contributed by atoms with Gasteiger partial charge < -0.3 is 5.11 Å². The van der Waals surface area contributed by atoms with E-state index in [0.717, 1.165) is 5.69 Å². The lowest BCUT2D eigenvalue weighted by atomic mass is 10.1. The van der Waals surface area contributed by atoms with Crippen LogP contribution in [0, 0.1) is 0 Å². The third-order valence-corrected chi connectivity index (χ3v) is 2.49. The van der Waals surface area contributed by atoms with Gasteiger partial charge in [0.2, 0.25) is 0 Å². The topological polar surface area (TPSA) is 55.1 Å². The van der Waals surface area contributed by atoms with Crippen molar-refractivity contribution in [2.45, 2.75) is 12.8 Å². The predicted octanol–water partition coefficient (Wildman–Crippen LogP) is 2.06. The van der Waals surface area contributed by atoms with E-state index in [2.05, 4.69) is 5.10 Å². The second-order valence-electron chi connectivity index (χ2n) is 3.61. The molecule has 4 heteroatoms. The Morgan fingerprint density at radius 3 is 2.69 bits per heavy atom. The molecule has 0 spiro atoms. The molecule has 1 unspecified atom stereocenters. The third-order valence-electron chi connectivity index (χ3n) is 2.49. The molecule has 0 saturated heterocycles. The molecule has 0 aliphatic rings. The second kappa shape index (κ2) is 4.18. The minimum Gasteiger partial charge on any atom is -0.481 e. The third kappa shape index (κ3) is 1.95. The number of carboxylic acids is 1. The number of carboxylic acid groups (broad SMARTS) is 1. The monoisotopic (exact) mass is 216 g/mol. The summed E-state index contributed by atoms with van der Waals surface area (Å²) in [5.74, 6) is -1.37. The summed E-state index contributed by atoms with van der Waals surface area (Å²) in [5, 5.41) is 13.0. The molecule has 0 fully saturated rings. The largest absolute Gasteiger partial charge is 0.481 e. The number of carbonyl (C=O) groups is 1. The molecule has 2 aromatic rings. The lowest BCUT2D eigenvalue weighted by Crippen LogP contribution is -2.06. The maximum absolute atomic E-state index is 10.8. The van der Waals surface area contributed by atoms with Crippen LogP contribution in [0.2, 0.25) is 0 Å². The molecule has 2 rings (SSSR count). The highest BCUT2D eigenvalue weighted by molar-refractivity contribution is 5.75. The molecule has 1 N–H and O–H groups in total. The van der Waals surface area contributed by atoms with E-state index in [4.69, 9.17) is 5.11 Å². The molecule has 1 heterocycles. The normalized spacial score (nSPS) is 12.3. The quantitative estimate of drug-likeness (QED) is 0.854. The Morgan fingerprint density at radius 2 is 2.06 bits per heavy atom.